The van der Waals surface area contributed by atoms with Crippen LogP contribution < -0.4 is 14.2 Å². The number of likely N-dealkylation sites (N-methyl/N-ethyl adjacent to an activating group) is 1. The van der Waals surface area contributed by atoms with E-state index in [0.717, 1.165) is 29.7 Å². The monoisotopic (exact) mass is 369 g/mol. The second-order valence-corrected chi connectivity index (χ2v) is 6.96. The van der Waals surface area contributed by atoms with Gasteiger partial charge in [0.05, 0.1) is 14.2 Å². The fourth-order valence-corrected chi connectivity index (χ4v) is 3.43. The van der Waals surface area contributed by atoms with Crippen molar-refractivity contribution >= 4 is 5.91 Å². The molecule has 0 unspecified atom stereocenters. The lowest BCUT2D eigenvalue weighted by Gasteiger charge is -2.20. The molecular weight excluding hydrogens is 342 g/mol. The minimum atomic E-state index is -0.0651. The van der Waals surface area contributed by atoms with Gasteiger partial charge in [0, 0.05) is 13.6 Å². The molecule has 0 aromatic heterocycles. The van der Waals surface area contributed by atoms with Crippen LogP contribution in [0.1, 0.15) is 28.7 Å². The molecule has 0 N–H and O–H groups in total. The van der Waals surface area contributed by atoms with Crippen LogP contribution in [0.2, 0.25) is 0 Å². The van der Waals surface area contributed by atoms with E-state index in [9.17, 15) is 4.79 Å². The lowest BCUT2D eigenvalue weighted by atomic mass is 10.1. The Kier molecular flexibility index (Phi) is 5.89. The Labute approximate surface area is 160 Å². The molecule has 2 aromatic carbocycles. The Morgan fingerprint density at radius 2 is 1.74 bits per heavy atom. The summed E-state index contributed by atoms with van der Waals surface area (Å²) >= 11 is 0. The summed E-state index contributed by atoms with van der Waals surface area (Å²) in [7, 11) is 5.00. The summed E-state index contributed by atoms with van der Waals surface area (Å²) in [6.45, 7) is 2.51. The molecule has 0 saturated heterocycles. The van der Waals surface area contributed by atoms with Gasteiger partial charge >= 0.3 is 0 Å². The van der Waals surface area contributed by atoms with Gasteiger partial charge in [-0.1, -0.05) is 6.07 Å². The van der Waals surface area contributed by atoms with Crippen molar-refractivity contribution in [2.45, 2.75) is 32.7 Å². The molecule has 0 fully saturated rings. The molecule has 0 bridgehead atoms. The molecule has 144 valence electrons. The average molecular weight is 369 g/mol. The molecule has 0 radical (unpaired) electrons. The molecule has 0 saturated carbocycles. The number of amides is 1. The molecule has 0 aliphatic heterocycles. The zero-order valence-electron chi connectivity index (χ0n) is 16.5. The zero-order chi connectivity index (χ0) is 19.4. The molecule has 0 atom stereocenters. The maximum Gasteiger partial charge on any atom is 0.260 e. The summed E-state index contributed by atoms with van der Waals surface area (Å²) in [6.07, 6.45) is 3.44. The van der Waals surface area contributed by atoms with Crippen LogP contribution in [0.5, 0.6) is 17.2 Å². The number of fused-ring (bicyclic) bond motifs is 1. The molecule has 1 aliphatic rings. The second-order valence-electron chi connectivity index (χ2n) is 6.96. The topological polar surface area (TPSA) is 48.0 Å². The summed E-state index contributed by atoms with van der Waals surface area (Å²) < 4.78 is 16.4. The lowest BCUT2D eigenvalue weighted by Crippen LogP contribution is -2.31. The molecule has 1 aliphatic carbocycles. The van der Waals surface area contributed by atoms with Crippen molar-refractivity contribution in [1.29, 1.82) is 0 Å². The van der Waals surface area contributed by atoms with Crippen molar-refractivity contribution < 1.29 is 19.0 Å². The fourth-order valence-electron chi connectivity index (χ4n) is 3.43. The molecule has 5 heteroatoms. The highest BCUT2D eigenvalue weighted by Crippen LogP contribution is 2.31. The number of hydrogen-bond acceptors (Lipinski definition) is 4. The number of nitrogens with zero attached hydrogens (tertiary/aromatic N) is 1. The normalized spacial score (nSPS) is 12.4. The van der Waals surface area contributed by atoms with Gasteiger partial charge in [0.1, 0.15) is 5.75 Å². The summed E-state index contributed by atoms with van der Waals surface area (Å²) in [6, 6.07) is 9.97. The smallest absolute Gasteiger partial charge is 0.260 e. The molecule has 1 amide bonds. The van der Waals surface area contributed by atoms with Crippen LogP contribution in [0, 0.1) is 6.92 Å². The predicted octanol–water partition coefficient (Wildman–Crippen LogP) is 3.54. The highest BCUT2D eigenvalue weighted by molar-refractivity contribution is 5.77. The van der Waals surface area contributed by atoms with E-state index in [1.54, 1.807) is 26.2 Å². The molecule has 3 rings (SSSR count). The predicted molar refractivity (Wildman–Crippen MR) is 105 cm³/mol. The average Bonchev–Trinajstić information content (AvgIpc) is 3.14. The van der Waals surface area contributed by atoms with Crippen LogP contribution in [0.3, 0.4) is 0 Å². The first-order valence-electron chi connectivity index (χ1n) is 9.22. The van der Waals surface area contributed by atoms with Gasteiger partial charge in [-0.25, -0.2) is 0 Å². The number of methoxy groups -OCH3 is 2. The number of ether oxygens (including phenoxy) is 3. The Balaban J connectivity index is 1.61. The molecule has 0 heterocycles. The largest absolute Gasteiger partial charge is 0.493 e. The first-order chi connectivity index (χ1) is 13.0. The third kappa shape index (κ3) is 4.35. The summed E-state index contributed by atoms with van der Waals surface area (Å²) in [5, 5.41) is 0. The SMILES string of the molecule is COc1cc(C)c(CN(C)C(=O)COc2ccc3c(c2)CCC3)cc1OC. The third-order valence-corrected chi connectivity index (χ3v) is 5.11. The van der Waals surface area contributed by atoms with E-state index in [1.165, 1.54) is 17.5 Å². The summed E-state index contributed by atoms with van der Waals surface area (Å²) in [4.78, 5) is 14.2. The molecular formula is C22H27NO4. The number of benzene rings is 2. The van der Waals surface area contributed by atoms with Crippen molar-refractivity contribution in [2.75, 3.05) is 27.9 Å². The summed E-state index contributed by atoms with van der Waals surface area (Å²) in [5.41, 5.74) is 4.80. The van der Waals surface area contributed by atoms with E-state index in [-0.39, 0.29) is 12.5 Å². The first kappa shape index (κ1) is 19.1. The van der Waals surface area contributed by atoms with Gasteiger partial charge in [-0.15, -0.1) is 0 Å². The zero-order valence-corrected chi connectivity index (χ0v) is 16.5. The maximum absolute atomic E-state index is 12.5. The van der Waals surface area contributed by atoms with Gasteiger partial charge in [-0.3, -0.25) is 4.79 Å². The van der Waals surface area contributed by atoms with Crippen molar-refractivity contribution in [3.8, 4) is 17.2 Å². The number of carbonyl (C=O) groups is 1. The van der Waals surface area contributed by atoms with Crippen LogP contribution in [0.15, 0.2) is 30.3 Å². The Morgan fingerprint density at radius 3 is 2.48 bits per heavy atom. The summed E-state index contributed by atoms with van der Waals surface area (Å²) in [5.74, 6) is 2.05. The van der Waals surface area contributed by atoms with E-state index in [0.29, 0.717) is 18.0 Å². The van der Waals surface area contributed by atoms with Gasteiger partial charge in [-0.05, 0) is 72.7 Å². The van der Waals surface area contributed by atoms with Gasteiger partial charge in [0.25, 0.3) is 5.91 Å². The fraction of sp³-hybridized carbons (Fsp3) is 0.409. The quantitative estimate of drug-likeness (QED) is 0.749. The minimum absolute atomic E-state index is 0.0294. The Bertz CT molecular complexity index is 831. The van der Waals surface area contributed by atoms with E-state index < -0.39 is 0 Å². The van der Waals surface area contributed by atoms with Gasteiger partial charge < -0.3 is 19.1 Å². The highest BCUT2D eigenvalue weighted by atomic mass is 16.5. The van der Waals surface area contributed by atoms with Crippen molar-refractivity contribution in [2.24, 2.45) is 0 Å². The van der Waals surface area contributed by atoms with E-state index >= 15 is 0 Å². The first-order valence-corrected chi connectivity index (χ1v) is 9.22. The number of rotatable bonds is 7. The molecule has 5 nitrogen and oxygen atoms in total. The van der Waals surface area contributed by atoms with E-state index in [4.69, 9.17) is 14.2 Å². The lowest BCUT2D eigenvalue weighted by molar-refractivity contribution is -0.132. The van der Waals surface area contributed by atoms with Crippen LogP contribution in [-0.2, 0) is 24.2 Å². The minimum Gasteiger partial charge on any atom is -0.493 e. The van der Waals surface area contributed by atoms with Crippen molar-refractivity contribution in [3.05, 3.63) is 52.6 Å². The van der Waals surface area contributed by atoms with Crippen molar-refractivity contribution in [1.82, 2.24) is 4.90 Å². The van der Waals surface area contributed by atoms with Crippen LogP contribution in [0.4, 0.5) is 0 Å². The second kappa shape index (κ2) is 8.33. The highest BCUT2D eigenvalue weighted by Gasteiger charge is 2.16. The standard InChI is InChI=1S/C22H27NO4/c1-15-10-20(25-3)21(26-4)12-18(15)13-23(2)22(24)14-27-19-9-8-16-6-5-7-17(16)11-19/h8-12H,5-7,13-14H2,1-4H3. The Hall–Kier alpha value is -2.69. The molecule has 27 heavy (non-hydrogen) atoms. The molecule has 2 aromatic rings. The van der Waals surface area contributed by atoms with E-state index in [1.807, 2.05) is 25.1 Å². The van der Waals surface area contributed by atoms with Crippen molar-refractivity contribution in [3.63, 3.8) is 0 Å². The van der Waals surface area contributed by atoms with Crippen LogP contribution in [-0.4, -0.2) is 38.7 Å². The number of aryl methyl sites for hydroxylation is 3. The number of carbonyl (C=O) groups excluding carboxylic acids is 1. The maximum atomic E-state index is 12.5. The van der Waals surface area contributed by atoms with Gasteiger partial charge in [0.2, 0.25) is 0 Å². The van der Waals surface area contributed by atoms with E-state index in [2.05, 4.69) is 12.1 Å². The van der Waals surface area contributed by atoms with Crippen LogP contribution in [0.25, 0.3) is 0 Å². The third-order valence-electron chi connectivity index (χ3n) is 5.11. The number of hydrogen-bond donors (Lipinski definition) is 0. The van der Waals surface area contributed by atoms with Crippen LogP contribution >= 0.6 is 0 Å². The van der Waals surface area contributed by atoms with Gasteiger partial charge in [-0.2, -0.15) is 0 Å². The Morgan fingerprint density at radius 1 is 1.04 bits per heavy atom. The molecule has 0 spiro atoms. The van der Waals surface area contributed by atoms with Gasteiger partial charge in [0.15, 0.2) is 18.1 Å².